The van der Waals surface area contributed by atoms with Crippen LogP contribution in [0.25, 0.3) is 16.6 Å². The van der Waals surface area contributed by atoms with Gasteiger partial charge in [-0.1, -0.05) is 19.6 Å². The molecule has 0 saturated heterocycles. The van der Waals surface area contributed by atoms with E-state index >= 15 is 0 Å². The number of rotatable bonds is 10. The van der Waals surface area contributed by atoms with Crippen molar-refractivity contribution in [2.45, 2.75) is 39.5 Å². The summed E-state index contributed by atoms with van der Waals surface area (Å²) in [6, 6.07) is 11.7. The fourth-order valence-electron chi connectivity index (χ4n) is 3.57. The number of ether oxygens (including phenoxy) is 2. The third-order valence-corrected chi connectivity index (χ3v) is 7.13. The van der Waals surface area contributed by atoms with E-state index in [1.54, 1.807) is 35.1 Å². The number of hydrogen-bond donors (Lipinski definition) is 2. The molecule has 11 heteroatoms. The first kappa shape index (κ1) is 25.3. The first-order valence-corrected chi connectivity index (χ1v) is 15.4. The second-order valence-electron chi connectivity index (χ2n) is 9.76. The molecule has 1 aromatic carbocycles. The van der Waals surface area contributed by atoms with Crippen LogP contribution in [0, 0.1) is 13.8 Å². The highest BCUT2D eigenvalue weighted by Gasteiger charge is 2.17. The summed E-state index contributed by atoms with van der Waals surface area (Å²) in [5.74, 6) is 1.83. The molecule has 0 radical (unpaired) electrons. The SMILES string of the molecule is Cc1cc(Nc2cc3c(cn2)c(OCOCC[Si](C)(C)C)nn3-c2ccc(C(N)=O)cc2)nc(C)n1. The molecule has 0 spiro atoms. The molecule has 3 N–H and O–H groups in total. The lowest BCUT2D eigenvalue weighted by molar-refractivity contribution is 0.0199. The molecule has 0 atom stereocenters. The van der Waals surface area contributed by atoms with Crippen LogP contribution in [0.15, 0.2) is 42.6 Å². The number of carbonyl (C=O) groups is 1. The third-order valence-electron chi connectivity index (χ3n) is 5.43. The van der Waals surface area contributed by atoms with Gasteiger partial charge in [0.05, 0.1) is 16.6 Å². The topological polar surface area (TPSA) is 130 Å². The van der Waals surface area contributed by atoms with Crippen LogP contribution in [-0.4, -0.2) is 52.1 Å². The number of nitrogens with one attached hydrogen (secondary N) is 1. The number of benzene rings is 1. The van der Waals surface area contributed by atoms with E-state index in [9.17, 15) is 4.79 Å². The number of amides is 1. The van der Waals surface area contributed by atoms with Gasteiger partial charge >= 0.3 is 0 Å². The molecule has 188 valence electrons. The van der Waals surface area contributed by atoms with Crippen molar-refractivity contribution in [1.29, 1.82) is 0 Å². The van der Waals surface area contributed by atoms with Crippen molar-refractivity contribution in [3.05, 3.63) is 59.7 Å². The Balaban J connectivity index is 1.65. The Hall–Kier alpha value is -3.83. The minimum Gasteiger partial charge on any atom is -0.449 e. The van der Waals surface area contributed by atoms with Gasteiger partial charge in [-0.15, -0.1) is 5.10 Å². The Labute approximate surface area is 210 Å². The average molecular weight is 506 g/mol. The van der Waals surface area contributed by atoms with Crippen molar-refractivity contribution in [2.24, 2.45) is 5.73 Å². The van der Waals surface area contributed by atoms with Gasteiger partial charge in [-0.05, 0) is 44.2 Å². The Morgan fingerprint density at radius 2 is 1.83 bits per heavy atom. The van der Waals surface area contributed by atoms with Gasteiger partial charge in [0.15, 0.2) is 6.79 Å². The molecule has 3 aromatic heterocycles. The van der Waals surface area contributed by atoms with E-state index in [1.807, 2.05) is 26.0 Å². The lowest BCUT2D eigenvalue weighted by Gasteiger charge is -2.15. The van der Waals surface area contributed by atoms with E-state index in [-0.39, 0.29) is 6.79 Å². The molecule has 0 fully saturated rings. The van der Waals surface area contributed by atoms with Crippen molar-refractivity contribution in [1.82, 2.24) is 24.7 Å². The van der Waals surface area contributed by atoms with Crippen molar-refractivity contribution < 1.29 is 14.3 Å². The summed E-state index contributed by atoms with van der Waals surface area (Å²) in [7, 11) is -1.19. The van der Waals surface area contributed by atoms with E-state index in [4.69, 9.17) is 15.2 Å². The minimum atomic E-state index is -1.19. The smallest absolute Gasteiger partial charge is 0.248 e. The maximum absolute atomic E-state index is 11.5. The molecular formula is C25H31N7O3Si. The zero-order valence-electron chi connectivity index (χ0n) is 21.2. The van der Waals surface area contributed by atoms with E-state index < -0.39 is 14.0 Å². The van der Waals surface area contributed by atoms with E-state index in [1.165, 1.54) is 0 Å². The third kappa shape index (κ3) is 6.23. The first-order valence-electron chi connectivity index (χ1n) is 11.7. The summed E-state index contributed by atoms with van der Waals surface area (Å²) in [4.78, 5) is 24.8. The molecule has 10 nitrogen and oxygen atoms in total. The number of nitrogens with zero attached hydrogens (tertiary/aromatic N) is 5. The monoisotopic (exact) mass is 505 g/mol. The van der Waals surface area contributed by atoms with Gasteiger partial charge in [0.25, 0.3) is 0 Å². The molecule has 0 saturated carbocycles. The highest BCUT2D eigenvalue weighted by atomic mass is 28.3. The van der Waals surface area contributed by atoms with Gasteiger partial charge < -0.3 is 20.5 Å². The van der Waals surface area contributed by atoms with Crippen LogP contribution in [0.1, 0.15) is 21.9 Å². The first-order chi connectivity index (χ1) is 17.1. The van der Waals surface area contributed by atoms with Gasteiger partial charge in [0, 0.05) is 44.3 Å². The van der Waals surface area contributed by atoms with Crippen LogP contribution in [0.5, 0.6) is 5.88 Å². The quantitative estimate of drug-likeness (QED) is 0.185. The largest absolute Gasteiger partial charge is 0.449 e. The summed E-state index contributed by atoms with van der Waals surface area (Å²) in [5.41, 5.74) is 8.18. The standard InChI is InChI=1S/C25H31N7O3Si/c1-16-12-23(29-17(2)28-16)30-22-13-21-20(14-27-22)25(35-15-34-10-11-36(3,4)5)31-32(21)19-8-6-18(7-9-19)24(26)33/h6-9,12-14H,10-11,15H2,1-5H3,(H2,26,33)(H,27,28,29,30). The molecule has 36 heavy (non-hydrogen) atoms. The Kier molecular flexibility index (Phi) is 7.31. The van der Waals surface area contributed by atoms with E-state index in [0.29, 0.717) is 35.5 Å². The molecule has 1 amide bonds. The van der Waals surface area contributed by atoms with Crippen LogP contribution >= 0.6 is 0 Å². The average Bonchev–Trinajstić information content (AvgIpc) is 3.15. The summed E-state index contributed by atoms with van der Waals surface area (Å²) in [5, 5.41) is 8.63. The van der Waals surface area contributed by atoms with Crippen LogP contribution in [0.4, 0.5) is 11.6 Å². The Bertz CT molecular complexity index is 1360. The van der Waals surface area contributed by atoms with Gasteiger partial charge in [-0.2, -0.15) is 0 Å². The second kappa shape index (κ2) is 10.4. The van der Waals surface area contributed by atoms with Gasteiger partial charge in [0.2, 0.25) is 11.8 Å². The van der Waals surface area contributed by atoms with Gasteiger partial charge in [0.1, 0.15) is 17.5 Å². The van der Waals surface area contributed by atoms with Gasteiger partial charge in [-0.3, -0.25) is 4.79 Å². The van der Waals surface area contributed by atoms with Gasteiger partial charge in [-0.25, -0.2) is 19.6 Å². The highest BCUT2D eigenvalue weighted by molar-refractivity contribution is 6.76. The molecule has 4 aromatic rings. The van der Waals surface area contributed by atoms with Crippen LogP contribution in [-0.2, 0) is 4.74 Å². The molecule has 0 unspecified atom stereocenters. The summed E-state index contributed by atoms with van der Waals surface area (Å²) in [6.45, 7) is 11.4. The number of carbonyl (C=O) groups excluding carboxylic acids is 1. The summed E-state index contributed by atoms with van der Waals surface area (Å²) in [6.07, 6.45) is 1.71. The van der Waals surface area contributed by atoms with Crippen LogP contribution in [0.2, 0.25) is 25.7 Å². The number of nitrogens with two attached hydrogens (primary N) is 1. The number of fused-ring (bicyclic) bond motifs is 1. The zero-order valence-corrected chi connectivity index (χ0v) is 22.2. The molecule has 3 heterocycles. The predicted molar refractivity (Wildman–Crippen MR) is 142 cm³/mol. The highest BCUT2D eigenvalue weighted by Crippen LogP contribution is 2.29. The van der Waals surface area contributed by atoms with E-state index in [0.717, 1.165) is 28.3 Å². The maximum Gasteiger partial charge on any atom is 0.248 e. The molecule has 0 aliphatic carbocycles. The van der Waals surface area contributed by atoms with Crippen LogP contribution < -0.4 is 15.8 Å². The maximum atomic E-state index is 11.5. The van der Waals surface area contributed by atoms with Crippen molar-refractivity contribution in [3.8, 4) is 11.6 Å². The number of aromatic nitrogens is 5. The summed E-state index contributed by atoms with van der Waals surface area (Å²) < 4.78 is 13.3. The summed E-state index contributed by atoms with van der Waals surface area (Å²) >= 11 is 0. The number of pyridine rings is 1. The molecular weight excluding hydrogens is 474 g/mol. The van der Waals surface area contributed by atoms with Crippen molar-refractivity contribution in [2.75, 3.05) is 18.7 Å². The Morgan fingerprint density at radius 3 is 2.50 bits per heavy atom. The molecule has 0 aliphatic rings. The molecule has 4 rings (SSSR count). The zero-order chi connectivity index (χ0) is 25.9. The molecule has 0 aliphatic heterocycles. The predicted octanol–water partition coefficient (Wildman–Crippen LogP) is 4.36. The van der Waals surface area contributed by atoms with Crippen molar-refractivity contribution in [3.63, 3.8) is 0 Å². The molecule has 0 bridgehead atoms. The normalized spacial score (nSPS) is 11.6. The Morgan fingerprint density at radius 1 is 1.08 bits per heavy atom. The second-order valence-corrected chi connectivity index (χ2v) is 15.4. The number of aryl methyl sites for hydroxylation is 2. The minimum absolute atomic E-state index is 0.0939. The van der Waals surface area contributed by atoms with Crippen molar-refractivity contribution >= 4 is 36.5 Å². The number of primary amides is 1. The van der Waals surface area contributed by atoms with Crippen LogP contribution in [0.3, 0.4) is 0 Å². The number of hydrogen-bond acceptors (Lipinski definition) is 8. The number of anilines is 2. The fourth-order valence-corrected chi connectivity index (χ4v) is 4.33. The fraction of sp³-hybridized carbons (Fsp3) is 0.320. The van der Waals surface area contributed by atoms with E-state index in [2.05, 4.69) is 45.0 Å². The lowest BCUT2D eigenvalue weighted by Crippen LogP contribution is -2.22. The lowest BCUT2D eigenvalue weighted by atomic mass is 10.2.